The first kappa shape index (κ1) is 22.6. The van der Waals surface area contributed by atoms with Gasteiger partial charge in [-0.15, -0.1) is 0 Å². The van der Waals surface area contributed by atoms with Crippen molar-refractivity contribution in [1.82, 2.24) is 0 Å². The third kappa shape index (κ3) is 8.89. The van der Waals surface area contributed by atoms with Crippen LogP contribution in [0.25, 0.3) is 0 Å². The SMILES string of the molecule is [NH3+]C(Cc1ccccc1)C(=O)OCCCCCOC(=O)C([NH3+])Cc1ccccc1. The van der Waals surface area contributed by atoms with E-state index in [2.05, 4.69) is 11.5 Å². The molecule has 2 unspecified atom stereocenters. The topological polar surface area (TPSA) is 108 Å². The first-order valence-electron chi connectivity index (χ1n) is 10.1. The monoisotopic (exact) mass is 400 g/mol. The second-order valence-corrected chi connectivity index (χ2v) is 7.17. The van der Waals surface area contributed by atoms with Gasteiger partial charge in [0, 0.05) is 12.8 Å². The molecule has 156 valence electrons. The summed E-state index contributed by atoms with van der Waals surface area (Å²) in [4.78, 5) is 24.0. The summed E-state index contributed by atoms with van der Waals surface area (Å²) in [6.07, 6.45) is 3.44. The third-order valence-electron chi connectivity index (χ3n) is 4.59. The van der Waals surface area contributed by atoms with E-state index < -0.39 is 12.1 Å². The fourth-order valence-corrected chi connectivity index (χ4v) is 2.93. The van der Waals surface area contributed by atoms with E-state index >= 15 is 0 Å². The molecule has 0 saturated carbocycles. The lowest BCUT2D eigenvalue weighted by atomic mass is 10.1. The molecule has 2 aromatic rings. The smallest absolute Gasteiger partial charge is 0.365 e. The molecule has 0 fully saturated rings. The zero-order valence-electron chi connectivity index (χ0n) is 16.9. The molecule has 29 heavy (non-hydrogen) atoms. The van der Waals surface area contributed by atoms with Crippen LogP contribution >= 0.6 is 0 Å². The summed E-state index contributed by atoms with van der Waals surface area (Å²) < 4.78 is 10.6. The Labute approximate surface area is 172 Å². The van der Waals surface area contributed by atoms with E-state index in [1.165, 1.54) is 0 Å². The molecule has 0 aliphatic heterocycles. The van der Waals surface area contributed by atoms with Crippen molar-refractivity contribution in [3.05, 3.63) is 71.8 Å². The predicted molar refractivity (Wildman–Crippen MR) is 109 cm³/mol. The van der Waals surface area contributed by atoms with E-state index in [9.17, 15) is 9.59 Å². The maximum absolute atomic E-state index is 12.0. The van der Waals surface area contributed by atoms with E-state index in [0.29, 0.717) is 26.1 Å². The van der Waals surface area contributed by atoms with Gasteiger partial charge in [-0.1, -0.05) is 60.7 Å². The lowest BCUT2D eigenvalue weighted by Crippen LogP contribution is -2.66. The van der Waals surface area contributed by atoms with Crippen LogP contribution in [0, 0.1) is 0 Å². The molecule has 6 nitrogen and oxygen atoms in total. The Hall–Kier alpha value is -2.70. The summed E-state index contributed by atoms with van der Waals surface area (Å²) in [5.74, 6) is -0.554. The Morgan fingerprint density at radius 3 is 1.41 bits per heavy atom. The van der Waals surface area contributed by atoms with E-state index in [4.69, 9.17) is 9.47 Å². The Morgan fingerprint density at radius 1 is 0.655 bits per heavy atom. The van der Waals surface area contributed by atoms with Crippen molar-refractivity contribution in [3.8, 4) is 0 Å². The number of hydrogen-bond acceptors (Lipinski definition) is 4. The van der Waals surface area contributed by atoms with E-state index in [0.717, 1.165) is 30.4 Å². The highest BCUT2D eigenvalue weighted by atomic mass is 16.5. The van der Waals surface area contributed by atoms with Crippen LogP contribution < -0.4 is 11.5 Å². The number of unbranched alkanes of at least 4 members (excludes halogenated alkanes) is 2. The molecule has 0 amide bonds. The Kier molecular flexibility index (Phi) is 9.89. The van der Waals surface area contributed by atoms with Crippen LogP contribution in [0.1, 0.15) is 30.4 Å². The molecule has 6 heteroatoms. The molecule has 0 heterocycles. The zero-order valence-corrected chi connectivity index (χ0v) is 16.9. The fraction of sp³-hybridized carbons (Fsp3) is 0.391. The van der Waals surface area contributed by atoms with Crippen LogP contribution in [0.2, 0.25) is 0 Å². The number of esters is 2. The number of hydrogen-bond donors (Lipinski definition) is 2. The van der Waals surface area contributed by atoms with Crippen LogP contribution in [0.5, 0.6) is 0 Å². The number of benzene rings is 2. The van der Waals surface area contributed by atoms with Gasteiger partial charge in [-0.3, -0.25) is 0 Å². The van der Waals surface area contributed by atoms with Gasteiger partial charge in [0.05, 0.1) is 13.2 Å². The molecule has 0 saturated heterocycles. The number of carbonyl (C=O) groups is 2. The quantitative estimate of drug-likeness (QED) is 0.408. The summed E-state index contributed by atoms with van der Waals surface area (Å²) in [5, 5.41) is 0. The fourth-order valence-electron chi connectivity index (χ4n) is 2.93. The van der Waals surface area contributed by atoms with Crippen molar-refractivity contribution in [1.29, 1.82) is 0 Å². The van der Waals surface area contributed by atoms with Crippen LogP contribution in [-0.2, 0) is 31.9 Å². The molecule has 2 atom stereocenters. The number of carbonyl (C=O) groups excluding carboxylic acids is 2. The molecule has 2 aromatic carbocycles. The largest absolute Gasteiger partial charge is 0.461 e. The molecule has 6 N–H and O–H groups in total. The van der Waals surface area contributed by atoms with Gasteiger partial charge in [-0.25, -0.2) is 9.59 Å². The normalized spacial score (nSPS) is 12.8. The lowest BCUT2D eigenvalue weighted by molar-refractivity contribution is -0.408. The van der Waals surface area contributed by atoms with Crippen LogP contribution in [0.3, 0.4) is 0 Å². The van der Waals surface area contributed by atoms with Gasteiger partial charge >= 0.3 is 11.9 Å². The lowest BCUT2D eigenvalue weighted by Gasteiger charge is -2.10. The van der Waals surface area contributed by atoms with E-state index in [1.807, 2.05) is 60.7 Å². The second kappa shape index (κ2) is 12.7. The van der Waals surface area contributed by atoms with Crippen molar-refractivity contribution >= 4 is 11.9 Å². The minimum atomic E-state index is -0.406. The second-order valence-electron chi connectivity index (χ2n) is 7.17. The molecular formula is C23H32N2O4+2. The maximum atomic E-state index is 12.0. The minimum Gasteiger partial charge on any atom is -0.461 e. The highest BCUT2D eigenvalue weighted by molar-refractivity contribution is 5.74. The van der Waals surface area contributed by atoms with Gasteiger partial charge in [0.2, 0.25) is 0 Å². The third-order valence-corrected chi connectivity index (χ3v) is 4.59. The summed E-state index contributed by atoms with van der Waals surface area (Å²) in [6, 6.07) is 18.7. The molecule has 0 bridgehead atoms. The maximum Gasteiger partial charge on any atom is 0.365 e. The van der Waals surface area contributed by atoms with Gasteiger partial charge in [-0.2, -0.15) is 0 Å². The standard InChI is InChI=1S/C23H30N2O4/c24-20(16-18-10-4-1-5-11-18)22(26)28-14-8-3-9-15-29-23(27)21(25)17-19-12-6-2-7-13-19/h1-2,4-7,10-13,20-21H,3,8-9,14-17,24-25H2/p+2. The molecule has 2 rings (SSSR count). The van der Waals surface area contributed by atoms with Gasteiger partial charge in [0.25, 0.3) is 0 Å². The average molecular weight is 401 g/mol. The highest BCUT2D eigenvalue weighted by Gasteiger charge is 2.20. The molecule has 0 radical (unpaired) electrons. The number of quaternary nitrogens is 2. The van der Waals surface area contributed by atoms with Gasteiger partial charge in [0.15, 0.2) is 12.1 Å². The molecular weight excluding hydrogens is 368 g/mol. The van der Waals surface area contributed by atoms with Crippen LogP contribution in [0.15, 0.2) is 60.7 Å². The highest BCUT2D eigenvalue weighted by Crippen LogP contribution is 2.05. The number of ether oxygens (including phenoxy) is 2. The Bertz CT molecular complexity index is 674. The van der Waals surface area contributed by atoms with Gasteiger partial charge in [-0.05, 0) is 30.4 Å². The average Bonchev–Trinajstić information content (AvgIpc) is 2.74. The van der Waals surface area contributed by atoms with Crippen molar-refractivity contribution in [2.75, 3.05) is 13.2 Å². The summed E-state index contributed by atoms with van der Waals surface area (Å²) >= 11 is 0. The summed E-state index contributed by atoms with van der Waals surface area (Å²) in [6.45, 7) is 0.721. The van der Waals surface area contributed by atoms with Crippen LogP contribution in [-0.4, -0.2) is 37.2 Å². The van der Waals surface area contributed by atoms with Crippen LogP contribution in [0.4, 0.5) is 0 Å². The van der Waals surface area contributed by atoms with Crippen molar-refractivity contribution in [2.45, 2.75) is 44.2 Å². The van der Waals surface area contributed by atoms with Crippen molar-refractivity contribution in [2.24, 2.45) is 0 Å². The van der Waals surface area contributed by atoms with Gasteiger partial charge < -0.3 is 20.9 Å². The molecule has 0 aliphatic rings. The Balaban J connectivity index is 1.51. The van der Waals surface area contributed by atoms with Crippen molar-refractivity contribution < 1.29 is 30.5 Å². The molecule has 0 spiro atoms. The molecule has 0 aliphatic carbocycles. The first-order valence-corrected chi connectivity index (χ1v) is 10.1. The Morgan fingerprint density at radius 2 is 1.03 bits per heavy atom. The van der Waals surface area contributed by atoms with E-state index in [1.54, 1.807) is 0 Å². The number of rotatable bonds is 12. The van der Waals surface area contributed by atoms with Crippen molar-refractivity contribution in [3.63, 3.8) is 0 Å². The summed E-state index contributed by atoms with van der Waals surface area (Å²) in [7, 11) is 0. The summed E-state index contributed by atoms with van der Waals surface area (Å²) in [5.41, 5.74) is 9.92. The minimum absolute atomic E-state index is 0.277. The van der Waals surface area contributed by atoms with Gasteiger partial charge in [0.1, 0.15) is 0 Å². The zero-order chi connectivity index (χ0) is 20.9. The predicted octanol–water partition coefficient (Wildman–Crippen LogP) is 0.950. The van der Waals surface area contributed by atoms with E-state index in [-0.39, 0.29) is 11.9 Å². The molecule has 0 aromatic heterocycles. The first-order chi connectivity index (χ1) is 14.1.